The average molecular weight is 310 g/mol. The van der Waals surface area contributed by atoms with Crippen molar-refractivity contribution in [2.45, 2.75) is 6.61 Å². The lowest BCUT2D eigenvalue weighted by Crippen LogP contribution is -2.15. The van der Waals surface area contributed by atoms with E-state index in [1.54, 1.807) is 48.7 Å². The third kappa shape index (κ3) is 3.19. The average Bonchev–Trinajstić information content (AvgIpc) is 2.98. The lowest BCUT2D eigenvalue weighted by molar-refractivity contribution is 0.102. The van der Waals surface area contributed by atoms with Crippen molar-refractivity contribution >= 4 is 11.6 Å². The number of aliphatic hydroxyl groups is 1. The predicted molar refractivity (Wildman–Crippen MR) is 84.5 cm³/mol. The summed E-state index contributed by atoms with van der Waals surface area (Å²) in [6.45, 7) is -0.114. The third-order valence-corrected chi connectivity index (χ3v) is 3.21. The van der Waals surface area contributed by atoms with Gasteiger partial charge in [-0.1, -0.05) is 18.2 Å². The highest BCUT2D eigenvalue weighted by Crippen LogP contribution is 2.11. The van der Waals surface area contributed by atoms with Crippen LogP contribution in [0.25, 0.3) is 5.82 Å². The van der Waals surface area contributed by atoms with Crippen molar-refractivity contribution in [3.05, 3.63) is 76.3 Å². The van der Waals surface area contributed by atoms with Crippen molar-refractivity contribution in [2.24, 2.45) is 0 Å². The first kappa shape index (κ1) is 14.7. The van der Waals surface area contributed by atoms with Gasteiger partial charge < -0.3 is 10.4 Å². The number of carbonyl (C=O) groups excluding carboxylic acids is 1. The Balaban J connectivity index is 1.85. The van der Waals surface area contributed by atoms with Gasteiger partial charge in [0, 0.05) is 18.0 Å². The second kappa shape index (κ2) is 6.29. The van der Waals surface area contributed by atoms with Crippen LogP contribution in [0.1, 0.15) is 16.1 Å². The van der Waals surface area contributed by atoms with E-state index in [2.05, 4.69) is 15.4 Å². The van der Waals surface area contributed by atoms with E-state index in [4.69, 9.17) is 5.11 Å². The van der Waals surface area contributed by atoms with Gasteiger partial charge in [-0.2, -0.15) is 0 Å². The summed E-state index contributed by atoms with van der Waals surface area (Å²) >= 11 is 0. The minimum Gasteiger partial charge on any atom is -0.392 e. The molecule has 2 heterocycles. The Hall–Kier alpha value is -3.19. The number of anilines is 1. The SMILES string of the molecule is O=C(Nc1cccc(CO)c1)c1cc(=O)n(-c2ccccn2)[nH]1. The highest BCUT2D eigenvalue weighted by atomic mass is 16.3. The van der Waals surface area contributed by atoms with E-state index in [-0.39, 0.29) is 17.9 Å². The Bertz CT molecular complexity index is 884. The Kier molecular flexibility index (Phi) is 4.03. The summed E-state index contributed by atoms with van der Waals surface area (Å²) < 4.78 is 1.19. The first-order valence-electron chi connectivity index (χ1n) is 6.92. The molecular formula is C16H14N4O3. The van der Waals surface area contributed by atoms with Crippen LogP contribution in [0.15, 0.2) is 59.5 Å². The van der Waals surface area contributed by atoms with Crippen LogP contribution in [0.5, 0.6) is 0 Å². The van der Waals surface area contributed by atoms with Crippen LogP contribution in [0, 0.1) is 0 Å². The van der Waals surface area contributed by atoms with Gasteiger partial charge in [-0.25, -0.2) is 9.67 Å². The molecule has 116 valence electrons. The van der Waals surface area contributed by atoms with Crippen LogP contribution < -0.4 is 10.9 Å². The minimum absolute atomic E-state index is 0.114. The van der Waals surface area contributed by atoms with Gasteiger partial charge in [-0.3, -0.25) is 14.7 Å². The number of pyridine rings is 1. The van der Waals surface area contributed by atoms with Crippen LogP contribution in [-0.4, -0.2) is 25.8 Å². The van der Waals surface area contributed by atoms with E-state index >= 15 is 0 Å². The Morgan fingerprint density at radius 3 is 2.83 bits per heavy atom. The molecule has 1 amide bonds. The molecule has 0 saturated carbocycles. The highest BCUT2D eigenvalue weighted by Gasteiger charge is 2.13. The van der Waals surface area contributed by atoms with E-state index in [0.717, 1.165) is 0 Å². The second-order valence-corrected chi connectivity index (χ2v) is 4.84. The fourth-order valence-corrected chi connectivity index (χ4v) is 2.11. The van der Waals surface area contributed by atoms with Crippen LogP contribution in [0.4, 0.5) is 5.69 Å². The van der Waals surface area contributed by atoms with Crippen LogP contribution >= 0.6 is 0 Å². The smallest absolute Gasteiger partial charge is 0.273 e. The number of hydrogen-bond acceptors (Lipinski definition) is 4. The van der Waals surface area contributed by atoms with Gasteiger partial charge in [0.05, 0.1) is 6.61 Å². The zero-order valence-corrected chi connectivity index (χ0v) is 12.1. The fraction of sp³-hybridized carbons (Fsp3) is 0.0625. The number of amides is 1. The molecule has 0 aliphatic heterocycles. The first-order valence-corrected chi connectivity index (χ1v) is 6.92. The number of carbonyl (C=O) groups is 1. The van der Waals surface area contributed by atoms with E-state index < -0.39 is 5.91 Å². The normalized spacial score (nSPS) is 10.5. The van der Waals surface area contributed by atoms with Crippen LogP contribution in [-0.2, 0) is 6.61 Å². The number of nitrogens with zero attached hydrogens (tertiary/aromatic N) is 2. The fourth-order valence-electron chi connectivity index (χ4n) is 2.11. The minimum atomic E-state index is -0.452. The summed E-state index contributed by atoms with van der Waals surface area (Å²) in [5.41, 5.74) is 0.961. The summed E-state index contributed by atoms with van der Waals surface area (Å²) in [6.07, 6.45) is 1.56. The molecule has 3 aromatic rings. The third-order valence-electron chi connectivity index (χ3n) is 3.21. The van der Waals surface area contributed by atoms with E-state index in [1.807, 2.05) is 0 Å². The summed E-state index contributed by atoms with van der Waals surface area (Å²) in [4.78, 5) is 28.3. The van der Waals surface area contributed by atoms with E-state index in [9.17, 15) is 9.59 Å². The van der Waals surface area contributed by atoms with Gasteiger partial charge in [0.25, 0.3) is 11.5 Å². The maximum Gasteiger partial charge on any atom is 0.273 e. The van der Waals surface area contributed by atoms with Gasteiger partial charge in [-0.15, -0.1) is 0 Å². The summed E-state index contributed by atoms with van der Waals surface area (Å²) in [5, 5.41) is 14.5. The molecular weight excluding hydrogens is 296 g/mol. The predicted octanol–water partition coefficient (Wildman–Crippen LogP) is 1.31. The molecule has 0 radical (unpaired) electrons. The molecule has 7 heteroatoms. The number of benzene rings is 1. The van der Waals surface area contributed by atoms with Gasteiger partial charge >= 0.3 is 0 Å². The number of rotatable bonds is 4. The molecule has 0 aliphatic rings. The topological polar surface area (TPSA) is 100 Å². The highest BCUT2D eigenvalue weighted by molar-refractivity contribution is 6.02. The number of H-pyrrole nitrogens is 1. The van der Waals surface area contributed by atoms with E-state index in [1.165, 1.54) is 10.7 Å². The molecule has 3 rings (SSSR count). The molecule has 0 aliphatic carbocycles. The molecule has 0 spiro atoms. The number of aliphatic hydroxyl groups excluding tert-OH is 1. The van der Waals surface area contributed by atoms with Gasteiger partial charge in [0.1, 0.15) is 5.69 Å². The lowest BCUT2D eigenvalue weighted by Gasteiger charge is -2.05. The molecule has 3 N–H and O–H groups in total. The van der Waals surface area contributed by atoms with Gasteiger partial charge in [0.2, 0.25) is 0 Å². The van der Waals surface area contributed by atoms with Crippen molar-refractivity contribution in [2.75, 3.05) is 5.32 Å². The number of aromatic amines is 1. The van der Waals surface area contributed by atoms with Crippen molar-refractivity contribution in [1.82, 2.24) is 14.8 Å². The lowest BCUT2D eigenvalue weighted by atomic mass is 10.2. The van der Waals surface area contributed by atoms with Crippen LogP contribution in [0.3, 0.4) is 0 Å². The van der Waals surface area contributed by atoms with Crippen LogP contribution in [0.2, 0.25) is 0 Å². The Morgan fingerprint density at radius 1 is 1.22 bits per heavy atom. The van der Waals surface area contributed by atoms with Gasteiger partial charge in [-0.05, 0) is 29.8 Å². The maximum absolute atomic E-state index is 12.2. The van der Waals surface area contributed by atoms with Crippen molar-refractivity contribution in [1.29, 1.82) is 0 Å². The molecule has 0 saturated heterocycles. The van der Waals surface area contributed by atoms with Gasteiger partial charge in [0.15, 0.2) is 5.82 Å². The molecule has 7 nitrogen and oxygen atoms in total. The molecule has 0 atom stereocenters. The second-order valence-electron chi connectivity index (χ2n) is 4.84. The number of aromatic nitrogens is 3. The quantitative estimate of drug-likeness (QED) is 0.676. The Morgan fingerprint density at radius 2 is 2.09 bits per heavy atom. The Labute approximate surface area is 131 Å². The van der Waals surface area contributed by atoms with Crippen molar-refractivity contribution < 1.29 is 9.90 Å². The van der Waals surface area contributed by atoms with E-state index in [0.29, 0.717) is 17.1 Å². The largest absolute Gasteiger partial charge is 0.392 e. The summed E-state index contributed by atoms with van der Waals surface area (Å²) in [6, 6.07) is 13.2. The molecule has 0 fully saturated rings. The monoisotopic (exact) mass is 310 g/mol. The first-order chi connectivity index (χ1) is 11.2. The van der Waals surface area contributed by atoms with Crippen molar-refractivity contribution in [3.8, 4) is 5.82 Å². The zero-order chi connectivity index (χ0) is 16.2. The number of nitrogens with one attached hydrogen (secondary N) is 2. The molecule has 23 heavy (non-hydrogen) atoms. The summed E-state index contributed by atoms with van der Waals surface area (Å²) in [5.74, 6) is -0.0503. The molecule has 0 unspecified atom stereocenters. The zero-order valence-electron chi connectivity index (χ0n) is 12.1. The maximum atomic E-state index is 12.2. The number of hydrogen-bond donors (Lipinski definition) is 3. The molecule has 0 bridgehead atoms. The molecule has 1 aromatic carbocycles. The van der Waals surface area contributed by atoms with Crippen molar-refractivity contribution in [3.63, 3.8) is 0 Å². The standard InChI is InChI=1S/C16H14N4O3/c21-10-11-4-3-5-12(8-11)18-16(23)13-9-15(22)20(19-13)14-6-1-2-7-17-14/h1-9,19,21H,10H2,(H,18,23). The summed E-state index contributed by atoms with van der Waals surface area (Å²) in [7, 11) is 0. The molecule has 2 aromatic heterocycles.